The van der Waals surface area contributed by atoms with Crippen LogP contribution in [0.5, 0.6) is 0 Å². The summed E-state index contributed by atoms with van der Waals surface area (Å²) in [6.07, 6.45) is 1.53. The highest BCUT2D eigenvalue weighted by Crippen LogP contribution is 2.24. The van der Waals surface area contributed by atoms with Crippen molar-refractivity contribution in [3.63, 3.8) is 0 Å². The standard InChI is InChI=1S/C22H25N3O2/c1-16-8-10-19(14-17(16)2)25-22(20-15-26-12-13-27-20)23-21(24-25)11-9-18-6-4-3-5-7-18/h3-8,10,14,20H,9,11-13,15H2,1-2H3/t20-/m0/s1. The first kappa shape index (κ1) is 17.9. The van der Waals surface area contributed by atoms with Gasteiger partial charge in [0.1, 0.15) is 6.10 Å². The fourth-order valence-corrected chi connectivity index (χ4v) is 3.27. The van der Waals surface area contributed by atoms with Crippen LogP contribution in [-0.4, -0.2) is 34.6 Å². The Balaban J connectivity index is 1.64. The summed E-state index contributed by atoms with van der Waals surface area (Å²) in [4.78, 5) is 4.82. The molecule has 0 amide bonds. The van der Waals surface area contributed by atoms with Crippen LogP contribution >= 0.6 is 0 Å². The van der Waals surface area contributed by atoms with Crippen LogP contribution in [0.25, 0.3) is 5.69 Å². The maximum absolute atomic E-state index is 5.91. The van der Waals surface area contributed by atoms with Crippen LogP contribution in [0, 0.1) is 13.8 Å². The molecule has 1 aromatic heterocycles. The molecular formula is C22H25N3O2. The number of benzene rings is 2. The van der Waals surface area contributed by atoms with Gasteiger partial charge in [0, 0.05) is 6.42 Å². The highest BCUT2D eigenvalue weighted by Gasteiger charge is 2.24. The molecule has 0 N–H and O–H groups in total. The molecule has 0 spiro atoms. The van der Waals surface area contributed by atoms with Crippen molar-refractivity contribution in [3.8, 4) is 5.69 Å². The second-order valence-electron chi connectivity index (χ2n) is 6.99. The molecule has 3 aromatic rings. The Morgan fingerprint density at radius 1 is 1.00 bits per heavy atom. The molecule has 2 heterocycles. The number of hydrogen-bond acceptors (Lipinski definition) is 4. The molecule has 0 aliphatic carbocycles. The predicted molar refractivity (Wildman–Crippen MR) is 104 cm³/mol. The minimum Gasteiger partial charge on any atom is -0.376 e. The van der Waals surface area contributed by atoms with Crippen LogP contribution in [0.15, 0.2) is 48.5 Å². The number of aromatic nitrogens is 3. The van der Waals surface area contributed by atoms with Crippen LogP contribution in [0.2, 0.25) is 0 Å². The molecule has 27 heavy (non-hydrogen) atoms. The molecule has 0 saturated carbocycles. The third-order valence-electron chi connectivity index (χ3n) is 5.00. The van der Waals surface area contributed by atoms with E-state index in [2.05, 4.69) is 56.3 Å². The molecule has 0 bridgehead atoms. The lowest BCUT2D eigenvalue weighted by Crippen LogP contribution is -2.24. The molecule has 1 aliphatic heterocycles. The smallest absolute Gasteiger partial charge is 0.163 e. The molecule has 0 radical (unpaired) electrons. The van der Waals surface area contributed by atoms with Gasteiger partial charge < -0.3 is 9.47 Å². The molecule has 2 aromatic carbocycles. The van der Waals surface area contributed by atoms with Gasteiger partial charge in [-0.15, -0.1) is 0 Å². The largest absolute Gasteiger partial charge is 0.376 e. The summed E-state index contributed by atoms with van der Waals surface area (Å²) in [7, 11) is 0. The summed E-state index contributed by atoms with van der Waals surface area (Å²) in [5.41, 5.74) is 4.81. The lowest BCUT2D eigenvalue weighted by atomic mass is 10.1. The number of ether oxygens (including phenoxy) is 2. The Kier molecular flexibility index (Phi) is 5.32. The van der Waals surface area contributed by atoms with Gasteiger partial charge >= 0.3 is 0 Å². The molecule has 1 atom stereocenters. The Morgan fingerprint density at radius 2 is 1.85 bits per heavy atom. The Labute approximate surface area is 160 Å². The van der Waals surface area contributed by atoms with Crippen molar-refractivity contribution in [2.24, 2.45) is 0 Å². The zero-order valence-corrected chi connectivity index (χ0v) is 15.9. The van der Waals surface area contributed by atoms with Crippen molar-refractivity contribution >= 4 is 0 Å². The molecule has 1 saturated heterocycles. The zero-order valence-electron chi connectivity index (χ0n) is 15.9. The molecule has 4 rings (SSSR count). The minimum absolute atomic E-state index is 0.182. The van der Waals surface area contributed by atoms with Crippen LogP contribution < -0.4 is 0 Å². The van der Waals surface area contributed by atoms with E-state index in [9.17, 15) is 0 Å². The third-order valence-corrected chi connectivity index (χ3v) is 5.00. The lowest BCUT2D eigenvalue weighted by Gasteiger charge is -2.22. The molecule has 5 heteroatoms. The third kappa shape index (κ3) is 4.10. The first-order chi connectivity index (χ1) is 13.2. The Hall–Kier alpha value is -2.50. The monoisotopic (exact) mass is 363 g/mol. The van der Waals surface area contributed by atoms with Gasteiger partial charge in [-0.25, -0.2) is 9.67 Å². The maximum atomic E-state index is 5.91. The summed E-state index contributed by atoms with van der Waals surface area (Å²) < 4.78 is 13.4. The van der Waals surface area contributed by atoms with E-state index in [4.69, 9.17) is 19.6 Å². The number of hydrogen-bond donors (Lipinski definition) is 0. The van der Waals surface area contributed by atoms with Gasteiger partial charge in [-0.05, 0) is 49.1 Å². The van der Waals surface area contributed by atoms with Crippen molar-refractivity contribution in [1.82, 2.24) is 14.8 Å². The van der Waals surface area contributed by atoms with Crippen LogP contribution in [-0.2, 0) is 22.3 Å². The van der Waals surface area contributed by atoms with Crippen LogP contribution in [0.3, 0.4) is 0 Å². The normalized spacial score (nSPS) is 17.2. The van der Waals surface area contributed by atoms with E-state index in [1.165, 1.54) is 16.7 Å². The van der Waals surface area contributed by atoms with Gasteiger partial charge in [0.2, 0.25) is 0 Å². The second kappa shape index (κ2) is 8.03. The first-order valence-electron chi connectivity index (χ1n) is 9.47. The summed E-state index contributed by atoms with van der Waals surface area (Å²) >= 11 is 0. The zero-order chi connectivity index (χ0) is 18.6. The Morgan fingerprint density at radius 3 is 2.59 bits per heavy atom. The molecule has 1 fully saturated rings. The summed E-state index contributed by atoms with van der Waals surface area (Å²) in [5, 5.41) is 4.81. The van der Waals surface area contributed by atoms with Crippen LogP contribution in [0.1, 0.15) is 34.4 Å². The predicted octanol–water partition coefficient (Wildman–Crippen LogP) is 3.76. The van der Waals surface area contributed by atoms with Crippen LogP contribution in [0.4, 0.5) is 0 Å². The molecule has 0 unspecified atom stereocenters. The van der Waals surface area contributed by atoms with E-state index in [1.807, 2.05) is 10.7 Å². The summed E-state index contributed by atoms with van der Waals surface area (Å²) in [6, 6.07) is 16.8. The van der Waals surface area contributed by atoms with E-state index >= 15 is 0 Å². The van der Waals surface area contributed by atoms with Gasteiger partial charge in [0.15, 0.2) is 11.6 Å². The molecule has 140 valence electrons. The SMILES string of the molecule is Cc1ccc(-n2nc(CCc3ccccc3)nc2[C@@H]2COCCO2)cc1C. The topological polar surface area (TPSA) is 49.2 Å². The van der Waals surface area contributed by atoms with Crippen molar-refractivity contribution in [2.45, 2.75) is 32.8 Å². The second-order valence-corrected chi connectivity index (χ2v) is 6.99. The van der Waals surface area contributed by atoms with E-state index in [0.29, 0.717) is 19.8 Å². The van der Waals surface area contributed by atoms with Crippen molar-refractivity contribution in [3.05, 3.63) is 76.9 Å². The number of aryl methyl sites for hydroxylation is 4. The maximum Gasteiger partial charge on any atom is 0.163 e. The van der Waals surface area contributed by atoms with E-state index in [1.54, 1.807) is 0 Å². The van der Waals surface area contributed by atoms with E-state index in [-0.39, 0.29) is 6.10 Å². The quantitative estimate of drug-likeness (QED) is 0.693. The van der Waals surface area contributed by atoms with Crippen molar-refractivity contribution in [1.29, 1.82) is 0 Å². The van der Waals surface area contributed by atoms with Crippen molar-refractivity contribution < 1.29 is 9.47 Å². The number of rotatable bonds is 5. The van der Waals surface area contributed by atoms with E-state index in [0.717, 1.165) is 30.2 Å². The van der Waals surface area contributed by atoms with E-state index < -0.39 is 0 Å². The average molecular weight is 363 g/mol. The summed E-state index contributed by atoms with van der Waals surface area (Å²) in [6.45, 7) is 5.97. The van der Waals surface area contributed by atoms with Gasteiger partial charge in [-0.2, -0.15) is 5.10 Å². The first-order valence-corrected chi connectivity index (χ1v) is 9.47. The van der Waals surface area contributed by atoms with Gasteiger partial charge in [0.05, 0.1) is 25.5 Å². The Bertz CT molecular complexity index is 899. The number of nitrogens with zero attached hydrogens (tertiary/aromatic N) is 3. The van der Waals surface area contributed by atoms with Crippen molar-refractivity contribution in [2.75, 3.05) is 19.8 Å². The fourth-order valence-electron chi connectivity index (χ4n) is 3.27. The molecule has 5 nitrogen and oxygen atoms in total. The molecular weight excluding hydrogens is 338 g/mol. The van der Waals surface area contributed by atoms with Gasteiger partial charge in [-0.3, -0.25) is 0 Å². The highest BCUT2D eigenvalue weighted by molar-refractivity contribution is 5.40. The minimum atomic E-state index is -0.182. The highest BCUT2D eigenvalue weighted by atomic mass is 16.6. The summed E-state index contributed by atoms with van der Waals surface area (Å²) in [5.74, 6) is 1.65. The lowest BCUT2D eigenvalue weighted by molar-refractivity contribution is -0.0942. The van der Waals surface area contributed by atoms with Gasteiger partial charge in [-0.1, -0.05) is 36.4 Å². The molecule has 1 aliphatic rings. The van der Waals surface area contributed by atoms with Gasteiger partial charge in [0.25, 0.3) is 0 Å². The average Bonchev–Trinajstić information content (AvgIpc) is 3.14. The fraction of sp³-hybridized carbons (Fsp3) is 0.364.